The zero-order valence-electron chi connectivity index (χ0n) is 19.8. The Morgan fingerprint density at radius 3 is 2.69 bits per heavy atom. The maximum absolute atomic E-state index is 13.7. The van der Waals surface area contributed by atoms with E-state index in [-0.39, 0.29) is 41.4 Å². The van der Waals surface area contributed by atoms with Crippen molar-refractivity contribution in [2.75, 3.05) is 19.0 Å². The van der Waals surface area contributed by atoms with Crippen molar-refractivity contribution < 1.29 is 32.9 Å². The van der Waals surface area contributed by atoms with Crippen LogP contribution in [0.4, 0.5) is 5.69 Å². The number of furan rings is 1. The SMILES string of the molecule is COP1(=O)N=C(C2=C(O)C(C(C)(C)C)N(Cc3ccoc3)C2=O)Nc2ccc(OCC(N)=O)cc21. The Kier molecular flexibility index (Phi) is 6.25. The molecule has 12 heteroatoms. The lowest BCUT2D eigenvalue weighted by molar-refractivity contribution is -0.129. The number of hydrogen-bond donors (Lipinski definition) is 3. The Bertz CT molecular complexity index is 1280. The number of aliphatic hydroxyl groups excluding tert-OH is 1. The van der Waals surface area contributed by atoms with E-state index in [1.54, 1.807) is 18.2 Å². The van der Waals surface area contributed by atoms with Crippen LogP contribution in [0.5, 0.6) is 5.75 Å². The third kappa shape index (κ3) is 4.56. The second kappa shape index (κ2) is 8.90. The second-order valence-corrected chi connectivity index (χ2v) is 11.4. The molecule has 1 aromatic heterocycles. The minimum atomic E-state index is -3.86. The van der Waals surface area contributed by atoms with Gasteiger partial charge in [-0.25, -0.2) is 0 Å². The van der Waals surface area contributed by atoms with Crippen LogP contribution < -0.4 is 21.1 Å². The number of aliphatic hydroxyl groups is 1. The van der Waals surface area contributed by atoms with Crippen LogP contribution in [0.15, 0.2) is 57.3 Å². The van der Waals surface area contributed by atoms with E-state index in [2.05, 4.69) is 10.1 Å². The summed E-state index contributed by atoms with van der Waals surface area (Å²) in [5.74, 6) is -1.11. The van der Waals surface area contributed by atoms with E-state index >= 15 is 0 Å². The normalized spacial score (nSPS) is 22.1. The topological polar surface area (TPSA) is 157 Å². The highest BCUT2D eigenvalue weighted by Gasteiger charge is 2.48. The molecule has 0 spiro atoms. The molecule has 0 radical (unpaired) electrons. The van der Waals surface area contributed by atoms with Crippen LogP contribution in [0.3, 0.4) is 0 Å². The molecule has 2 amide bonds. The standard InChI is InChI=1S/C23H27N4O7P/c1-23(2,3)20-19(29)18(22(30)27(20)10-13-7-8-33-11-13)21-25-15-6-5-14(34-12-17(24)28)9-16(15)35(31,26-21)32-4/h5-9,11,20,29H,10,12H2,1-4H3,(H2,24,28)(H,25,26,31). The molecule has 0 fully saturated rings. The minimum absolute atomic E-state index is 0.0556. The third-order valence-electron chi connectivity index (χ3n) is 5.68. The summed E-state index contributed by atoms with van der Waals surface area (Å²) in [4.78, 5) is 26.1. The van der Waals surface area contributed by atoms with Gasteiger partial charge in [-0.3, -0.25) is 14.2 Å². The first-order valence-corrected chi connectivity index (χ1v) is 12.4. The first-order chi connectivity index (χ1) is 16.4. The number of carbonyl (C=O) groups is 2. The number of nitrogens with one attached hydrogen (secondary N) is 1. The molecule has 4 N–H and O–H groups in total. The van der Waals surface area contributed by atoms with Crippen molar-refractivity contribution >= 4 is 36.2 Å². The number of nitrogens with zero attached hydrogens (tertiary/aromatic N) is 2. The lowest BCUT2D eigenvalue weighted by Gasteiger charge is -2.35. The van der Waals surface area contributed by atoms with Gasteiger partial charge in [0.05, 0.1) is 29.6 Å². The van der Waals surface area contributed by atoms with Crippen LogP contribution >= 0.6 is 7.52 Å². The van der Waals surface area contributed by atoms with Gasteiger partial charge in [-0.15, -0.1) is 0 Å². The smallest absolute Gasteiger partial charge is 0.348 e. The molecule has 2 aromatic rings. The number of amides is 2. The van der Waals surface area contributed by atoms with Gasteiger partial charge in [0.2, 0.25) is 0 Å². The summed E-state index contributed by atoms with van der Waals surface area (Å²) in [5, 5.41) is 14.4. The maximum Gasteiger partial charge on any atom is 0.348 e. The molecule has 4 rings (SSSR count). The molecule has 2 unspecified atom stereocenters. The van der Waals surface area contributed by atoms with Gasteiger partial charge in [0.15, 0.2) is 12.4 Å². The highest BCUT2D eigenvalue weighted by Crippen LogP contribution is 2.52. The average molecular weight is 502 g/mol. The van der Waals surface area contributed by atoms with Crippen molar-refractivity contribution in [3.05, 3.63) is 53.7 Å². The van der Waals surface area contributed by atoms with Crippen molar-refractivity contribution in [2.45, 2.75) is 33.4 Å². The lowest BCUT2D eigenvalue weighted by Crippen LogP contribution is -2.43. The summed E-state index contributed by atoms with van der Waals surface area (Å²) in [6, 6.07) is 5.63. The van der Waals surface area contributed by atoms with Gasteiger partial charge in [-0.1, -0.05) is 20.8 Å². The van der Waals surface area contributed by atoms with E-state index in [0.29, 0.717) is 5.69 Å². The number of benzene rings is 1. The van der Waals surface area contributed by atoms with E-state index in [9.17, 15) is 19.3 Å². The average Bonchev–Trinajstić information content (AvgIpc) is 3.38. The Labute approximate surface area is 202 Å². The predicted molar refractivity (Wildman–Crippen MR) is 129 cm³/mol. The molecule has 0 aliphatic carbocycles. The quantitative estimate of drug-likeness (QED) is 0.488. The Morgan fingerprint density at radius 1 is 1.34 bits per heavy atom. The highest BCUT2D eigenvalue weighted by atomic mass is 31.2. The van der Waals surface area contributed by atoms with Crippen molar-refractivity contribution in [1.82, 2.24) is 4.90 Å². The highest BCUT2D eigenvalue weighted by molar-refractivity contribution is 7.66. The Morgan fingerprint density at radius 2 is 2.09 bits per heavy atom. The first-order valence-electron chi connectivity index (χ1n) is 10.8. The van der Waals surface area contributed by atoms with Crippen LogP contribution in [0, 0.1) is 5.41 Å². The third-order valence-corrected chi connectivity index (χ3v) is 7.62. The van der Waals surface area contributed by atoms with E-state index < -0.39 is 30.8 Å². The van der Waals surface area contributed by atoms with Gasteiger partial charge in [0, 0.05) is 19.2 Å². The van der Waals surface area contributed by atoms with Crippen molar-refractivity contribution in [1.29, 1.82) is 0 Å². The van der Waals surface area contributed by atoms with E-state index in [0.717, 1.165) is 5.56 Å². The summed E-state index contributed by atoms with van der Waals surface area (Å²) < 4.78 is 33.6. The van der Waals surface area contributed by atoms with Crippen molar-refractivity contribution in [2.24, 2.45) is 15.9 Å². The van der Waals surface area contributed by atoms with Crippen molar-refractivity contribution in [3.63, 3.8) is 0 Å². The second-order valence-electron chi connectivity index (χ2n) is 9.30. The number of rotatable bonds is 7. The number of nitrogens with two attached hydrogens (primary N) is 1. The molecule has 0 saturated heterocycles. The van der Waals surface area contributed by atoms with Crippen LogP contribution in [0.1, 0.15) is 26.3 Å². The van der Waals surface area contributed by atoms with Gasteiger partial charge in [0.1, 0.15) is 17.1 Å². The zero-order chi connectivity index (χ0) is 25.5. The molecule has 2 atom stereocenters. The van der Waals surface area contributed by atoms with Gasteiger partial charge < -0.3 is 34.7 Å². The fraction of sp³-hybridized carbons (Fsp3) is 0.348. The summed E-state index contributed by atoms with van der Waals surface area (Å²) in [5.41, 5.74) is 5.65. The molecular formula is C23H27N4O7P. The van der Waals surface area contributed by atoms with Crippen LogP contribution in [-0.2, 0) is 25.2 Å². The van der Waals surface area contributed by atoms with Gasteiger partial charge in [0.25, 0.3) is 11.8 Å². The van der Waals surface area contributed by atoms with Crippen LogP contribution in [-0.4, -0.2) is 47.4 Å². The summed E-state index contributed by atoms with van der Waals surface area (Å²) in [6.45, 7) is 5.58. The number of carbonyl (C=O) groups excluding carboxylic acids is 2. The van der Waals surface area contributed by atoms with Gasteiger partial charge >= 0.3 is 7.52 Å². The number of primary amides is 1. The Hall–Kier alpha value is -3.56. The monoisotopic (exact) mass is 502 g/mol. The predicted octanol–water partition coefficient (Wildman–Crippen LogP) is 2.70. The van der Waals surface area contributed by atoms with E-state index in [1.165, 1.54) is 30.6 Å². The maximum atomic E-state index is 13.7. The van der Waals surface area contributed by atoms with E-state index in [4.69, 9.17) is 19.4 Å². The fourth-order valence-corrected chi connectivity index (χ4v) is 5.71. The lowest BCUT2D eigenvalue weighted by atomic mass is 9.85. The van der Waals surface area contributed by atoms with Gasteiger partial charge in [-0.2, -0.15) is 4.76 Å². The molecule has 1 aromatic carbocycles. The zero-order valence-corrected chi connectivity index (χ0v) is 20.7. The minimum Gasteiger partial charge on any atom is -0.509 e. The fourth-order valence-electron chi connectivity index (χ4n) is 4.18. The summed E-state index contributed by atoms with van der Waals surface area (Å²) in [6.07, 6.45) is 3.04. The number of hydrogen-bond acceptors (Lipinski definition) is 8. The molecule has 0 saturated carbocycles. The molecule has 186 valence electrons. The summed E-state index contributed by atoms with van der Waals surface area (Å²) >= 11 is 0. The number of fused-ring (bicyclic) bond motifs is 1. The molecule has 11 nitrogen and oxygen atoms in total. The van der Waals surface area contributed by atoms with Gasteiger partial charge in [-0.05, 0) is 29.7 Å². The number of anilines is 1. The number of amidine groups is 1. The molecular weight excluding hydrogens is 475 g/mol. The first kappa shape index (κ1) is 24.6. The molecule has 0 bridgehead atoms. The number of ether oxygens (including phenoxy) is 1. The molecule has 2 aliphatic rings. The molecule has 2 aliphatic heterocycles. The molecule has 35 heavy (non-hydrogen) atoms. The molecule has 3 heterocycles. The van der Waals surface area contributed by atoms with E-state index in [1.807, 2.05) is 20.8 Å². The van der Waals surface area contributed by atoms with Crippen molar-refractivity contribution in [3.8, 4) is 5.75 Å². The largest absolute Gasteiger partial charge is 0.509 e. The van der Waals surface area contributed by atoms with Crippen LogP contribution in [0.2, 0.25) is 0 Å². The summed E-state index contributed by atoms with van der Waals surface area (Å²) in [7, 11) is -2.62. The van der Waals surface area contributed by atoms with Crippen LogP contribution in [0.25, 0.3) is 0 Å². The Balaban J connectivity index is 1.74.